The molecule has 104 valence electrons. The molecule has 1 unspecified atom stereocenters. The van der Waals surface area contributed by atoms with Gasteiger partial charge in [0.2, 0.25) is 0 Å². The number of carbonyl (C=O) groups is 1. The number of alkyl halides is 1. The third-order valence-electron chi connectivity index (χ3n) is 3.69. The van der Waals surface area contributed by atoms with Gasteiger partial charge >= 0.3 is 6.09 Å². The molecule has 1 aliphatic carbocycles. The van der Waals surface area contributed by atoms with Crippen LogP contribution in [0.25, 0.3) is 0 Å². The van der Waals surface area contributed by atoms with Gasteiger partial charge in [-0.25, -0.2) is 9.18 Å². The Balaban J connectivity index is 1.99. The maximum Gasteiger partial charge on any atom is 0.410 e. The number of amides is 1. The van der Waals surface area contributed by atoms with Gasteiger partial charge in [-0.1, -0.05) is 0 Å². The summed E-state index contributed by atoms with van der Waals surface area (Å²) in [6.07, 6.45) is 0.116. The van der Waals surface area contributed by atoms with Gasteiger partial charge in [0.25, 0.3) is 0 Å². The number of hydrogen-bond acceptors (Lipinski definition) is 3. The summed E-state index contributed by atoms with van der Waals surface area (Å²) in [5.74, 6) is 0.813. The average Bonchev–Trinajstić information content (AvgIpc) is 2.91. The lowest BCUT2D eigenvalue weighted by Gasteiger charge is -2.28. The molecule has 1 heterocycles. The molecule has 2 aliphatic rings. The second-order valence-electron chi connectivity index (χ2n) is 6.43. The number of nitrogens with zero attached hydrogens (tertiary/aromatic N) is 1. The van der Waals surface area contributed by atoms with E-state index in [2.05, 4.69) is 0 Å². The average molecular weight is 258 g/mol. The number of halogens is 1. The lowest BCUT2D eigenvalue weighted by atomic mass is 10.1. The SMILES string of the molecule is CC(C)(C)OC(=O)N1C[C@@H](F)CC1[C@@H]1C[C@H]1CN. The zero-order valence-corrected chi connectivity index (χ0v) is 11.4. The maximum atomic E-state index is 13.6. The minimum Gasteiger partial charge on any atom is -0.444 e. The van der Waals surface area contributed by atoms with Gasteiger partial charge < -0.3 is 15.4 Å². The Labute approximate surface area is 108 Å². The lowest BCUT2D eigenvalue weighted by molar-refractivity contribution is 0.0199. The molecule has 0 bridgehead atoms. The summed E-state index contributed by atoms with van der Waals surface area (Å²) in [5.41, 5.74) is 5.09. The summed E-state index contributed by atoms with van der Waals surface area (Å²) in [4.78, 5) is 13.6. The normalized spacial score (nSPS) is 35.7. The Morgan fingerprint density at radius 3 is 2.61 bits per heavy atom. The number of ether oxygens (including phenoxy) is 1. The number of rotatable bonds is 2. The van der Waals surface area contributed by atoms with Gasteiger partial charge in [0.1, 0.15) is 11.8 Å². The van der Waals surface area contributed by atoms with Crippen molar-refractivity contribution in [1.29, 1.82) is 0 Å². The van der Waals surface area contributed by atoms with E-state index in [-0.39, 0.29) is 12.6 Å². The minimum absolute atomic E-state index is 0.0246. The summed E-state index contributed by atoms with van der Waals surface area (Å²) < 4.78 is 18.9. The fraction of sp³-hybridized carbons (Fsp3) is 0.923. The fourth-order valence-corrected chi connectivity index (χ4v) is 2.76. The Hall–Kier alpha value is -0.840. The number of hydrogen-bond donors (Lipinski definition) is 1. The van der Waals surface area contributed by atoms with Crippen LogP contribution in [-0.2, 0) is 4.74 Å². The molecule has 5 heteroatoms. The van der Waals surface area contributed by atoms with Gasteiger partial charge in [0.15, 0.2) is 0 Å². The molecule has 0 aromatic rings. The van der Waals surface area contributed by atoms with Crippen molar-refractivity contribution in [2.24, 2.45) is 17.6 Å². The Bertz CT molecular complexity index is 329. The Morgan fingerprint density at radius 2 is 2.11 bits per heavy atom. The monoisotopic (exact) mass is 258 g/mol. The van der Waals surface area contributed by atoms with Crippen molar-refractivity contribution in [3.63, 3.8) is 0 Å². The molecule has 2 N–H and O–H groups in total. The quantitative estimate of drug-likeness (QED) is 0.823. The molecule has 18 heavy (non-hydrogen) atoms. The van der Waals surface area contributed by atoms with Crippen LogP contribution in [0, 0.1) is 11.8 Å². The third kappa shape index (κ3) is 2.94. The van der Waals surface area contributed by atoms with E-state index >= 15 is 0 Å². The van der Waals surface area contributed by atoms with E-state index in [1.54, 1.807) is 4.90 Å². The first-order valence-corrected chi connectivity index (χ1v) is 6.65. The molecule has 2 rings (SSSR count). The van der Waals surface area contributed by atoms with Gasteiger partial charge in [0.05, 0.1) is 6.54 Å². The number of nitrogens with two attached hydrogens (primary N) is 1. The summed E-state index contributed by atoms with van der Waals surface area (Å²) >= 11 is 0. The van der Waals surface area contributed by atoms with Gasteiger partial charge in [-0.2, -0.15) is 0 Å². The summed E-state index contributed by atoms with van der Waals surface area (Å²) in [5, 5.41) is 0. The molecular formula is C13H23FN2O2. The van der Waals surface area contributed by atoms with E-state index < -0.39 is 17.9 Å². The molecule has 0 aromatic carbocycles. The maximum absolute atomic E-state index is 13.6. The molecular weight excluding hydrogens is 235 g/mol. The molecule has 0 aromatic heterocycles. The van der Waals surface area contributed by atoms with Gasteiger partial charge in [-0.15, -0.1) is 0 Å². The van der Waals surface area contributed by atoms with Gasteiger partial charge in [0, 0.05) is 12.5 Å². The van der Waals surface area contributed by atoms with Crippen LogP contribution in [0.5, 0.6) is 0 Å². The van der Waals surface area contributed by atoms with Crippen molar-refractivity contribution in [3.8, 4) is 0 Å². The smallest absolute Gasteiger partial charge is 0.410 e. The van der Waals surface area contributed by atoms with Crippen LogP contribution >= 0.6 is 0 Å². The van der Waals surface area contributed by atoms with Crippen molar-refractivity contribution in [1.82, 2.24) is 4.90 Å². The number of likely N-dealkylation sites (tertiary alicyclic amines) is 1. The minimum atomic E-state index is -0.929. The fourth-order valence-electron chi connectivity index (χ4n) is 2.76. The summed E-state index contributed by atoms with van der Waals surface area (Å²) in [6.45, 7) is 6.25. The highest BCUT2D eigenvalue weighted by atomic mass is 19.1. The van der Waals surface area contributed by atoms with Crippen molar-refractivity contribution in [2.45, 2.75) is 51.4 Å². The van der Waals surface area contributed by atoms with E-state index in [0.717, 1.165) is 6.42 Å². The standard InChI is InChI=1S/C13H23FN2O2/c1-13(2,3)18-12(17)16-7-9(14)5-11(16)10-4-8(10)6-15/h8-11H,4-7,15H2,1-3H3/t8-,9-,10+,11?/m0/s1. The van der Waals surface area contributed by atoms with E-state index in [4.69, 9.17) is 10.5 Å². The molecule has 1 aliphatic heterocycles. The predicted molar refractivity (Wildman–Crippen MR) is 66.9 cm³/mol. The van der Waals surface area contributed by atoms with Crippen LogP contribution < -0.4 is 5.73 Å². The largest absolute Gasteiger partial charge is 0.444 e. The highest BCUT2D eigenvalue weighted by molar-refractivity contribution is 5.69. The van der Waals surface area contributed by atoms with E-state index in [9.17, 15) is 9.18 Å². The van der Waals surface area contributed by atoms with E-state index in [0.29, 0.717) is 24.8 Å². The van der Waals surface area contributed by atoms with Crippen LogP contribution in [0.1, 0.15) is 33.6 Å². The molecule has 1 saturated heterocycles. The molecule has 1 saturated carbocycles. The topological polar surface area (TPSA) is 55.6 Å². The van der Waals surface area contributed by atoms with Crippen molar-refractivity contribution < 1.29 is 13.9 Å². The predicted octanol–water partition coefficient (Wildman–Crippen LogP) is 1.93. The van der Waals surface area contributed by atoms with Crippen LogP contribution in [0.3, 0.4) is 0 Å². The van der Waals surface area contributed by atoms with Gasteiger partial charge in [-0.05, 0) is 45.6 Å². The Morgan fingerprint density at radius 1 is 1.44 bits per heavy atom. The molecule has 4 atom stereocenters. The Kier molecular flexibility index (Phi) is 3.54. The second-order valence-corrected chi connectivity index (χ2v) is 6.43. The van der Waals surface area contributed by atoms with Crippen molar-refractivity contribution in [2.75, 3.05) is 13.1 Å². The van der Waals surface area contributed by atoms with Crippen LogP contribution in [0.4, 0.5) is 9.18 Å². The van der Waals surface area contributed by atoms with Crippen LogP contribution in [0.15, 0.2) is 0 Å². The molecule has 4 nitrogen and oxygen atoms in total. The third-order valence-corrected chi connectivity index (χ3v) is 3.69. The summed E-state index contributed by atoms with van der Waals surface area (Å²) in [7, 11) is 0. The zero-order chi connectivity index (χ0) is 13.5. The highest BCUT2D eigenvalue weighted by Gasteiger charge is 2.50. The van der Waals surface area contributed by atoms with E-state index in [1.165, 1.54) is 0 Å². The molecule has 0 radical (unpaired) electrons. The molecule has 1 amide bonds. The zero-order valence-electron chi connectivity index (χ0n) is 11.4. The van der Waals surface area contributed by atoms with Crippen LogP contribution in [-0.4, -0.2) is 41.9 Å². The molecule has 2 fully saturated rings. The first-order chi connectivity index (χ1) is 8.31. The van der Waals surface area contributed by atoms with Crippen molar-refractivity contribution in [3.05, 3.63) is 0 Å². The first-order valence-electron chi connectivity index (χ1n) is 6.65. The van der Waals surface area contributed by atoms with Crippen molar-refractivity contribution >= 4 is 6.09 Å². The second kappa shape index (κ2) is 4.68. The van der Waals surface area contributed by atoms with E-state index in [1.807, 2.05) is 20.8 Å². The number of carbonyl (C=O) groups excluding carboxylic acids is 1. The van der Waals surface area contributed by atoms with Gasteiger partial charge in [-0.3, -0.25) is 0 Å². The highest BCUT2D eigenvalue weighted by Crippen LogP contribution is 2.46. The lowest BCUT2D eigenvalue weighted by Crippen LogP contribution is -2.41. The first kappa shape index (κ1) is 13.6. The summed E-state index contributed by atoms with van der Waals surface area (Å²) in [6, 6.07) is -0.0246. The van der Waals surface area contributed by atoms with Crippen LogP contribution in [0.2, 0.25) is 0 Å². The molecule has 0 spiro atoms.